The molecule has 6 nitrogen and oxygen atoms in total. The van der Waals surface area contributed by atoms with Gasteiger partial charge in [-0.05, 0) is 37.1 Å². The van der Waals surface area contributed by atoms with Gasteiger partial charge < -0.3 is 5.32 Å². The van der Waals surface area contributed by atoms with Crippen molar-refractivity contribution in [3.05, 3.63) is 83.6 Å². The lowest BCUT2D eigenvalue weighted by molar-refractivity contribution is -0.141. The number of carbonyl (C=O) groups excluding carboxylic acids is 1. The summed E-state index contributed by atoms with van der Waals surface area (Å²) < 4.78 is 39.8. The smallest absolute Gasteiger partial charge is 0.345 e. The van der Waals surface area contributed by atoms with Crippen molar-refractivity contribution < 1.29 is 18.0 Å². The number of halogens is 3. The Balaban J connectivity index is 1.61. The molecule has 158 valence electrons. The Morgan fingerprint density at radius 2 is 1.87 bits per heavy atom. The highest BCUT2D eigenvalue weighted by molar-refractivity contribution is 5.96. The molecule has 0 unspecified atom stereocenters. The molecule has 1 aromatic carbocycles. The third-order valence-corrected chi connectivity index (χ3v) is 4.94. The molecular formula is C22H18F3N5O. The third-order valence-electron chi connectivity index (χ3n) is 4.94. The highest BCUT2D eigenvalue weighted by atomic mass is 19.4. The van der Waals surface area contributed by atoms with Crippen LogP contribution in [0.15, 0.2) is 61.2 Å². The Morgan fingerprint density at radius 1 is 1.13 bits per heavy atom. The molecule has 3 aromatic heterocycles. The summed E-state index contributed by atoms with van der Waals surface area (Å²) in [4.78, 5) is 16.3. The van der Waals surface area contributed by atoms with Crippen LogP contribution in [-0.4, -0.2) is 25.5 Å². The molecule has 0 aliphatic carbocycles. The van der Waals surface area contributed by atoms with E-state index in [1.54, 1.807) is 23.6 Å². The van der Waals surface area contributed by atoms with E-state index >= 15 is 0 Å². The van der Waals surface area contributed by atoms with Crippen LogP contribution in [0.4, 0.5) is 13.2 Å². The standard InChI is InChI=1S/C22H18F3N5O/c1-13-3-5-15(6-4-13)18-9-17(11-30-12-27-29-20(18)30)21(31)28-14(2)16-7-8-19(26-10-16)22(23,24)25/h3-12,14H,1-2H3,(H,28,31)/t14-/m1/s1. The van der Waals surface area contributed by atoms with Gasteiger partial charge in [0.1, 0.15) is 12.0 Å². The van der Waals surface area contributed by atoms with Gasteiger partial charge in [0, 0.05) is 18.0 Å². The second-order valence-corrected chi connectivity index (χ2v) is 7.24. The maximum absolute atomic E-state index is 12.9. The number of nitrogens with one attached hydrogen (secondary N) is 1. The highest BCUT2D eigenvalue weighted by Gasteiger charge is 2.32. The van der Waals surface area contributed by atoms with Crippen molar-refractivity contribution in [3.63, 3.8) is 0 Å². The second kappa shape index (κ2) is 7.82. The van der Waals surface area contributed by atoms with E-state index in [1.165, 1.54) is 12.4 Å². The first-order valence-electron chi connectivity index (χ1n) is 9.47. The first-order valence-corrected chi connectivity index (χ1v) is 9.47. The van der Waals surface area contributed by atoms with Crippen molar-refractivity contribution in [1.82, 2.24) is 24.9 Å². The zero-order valence-corrected chi connectivity index (χ0v) is 16.7. The van der Waals surface area contributed by atoms with Crippen LogP contribution in [0, 0.1) is 6.92 Å². The number of alkyl halides is 3. The normalized spacial score (nSPS) is 12.7. The van der Waals surface area contributed by atoms with E-state index in [0.717, 1.165) is 29.0 Å². The molecule has 9 heteroatoms. The van der Waals surface area contributed by atoms with Gasteiger partial charge in [-0.3, -0.25) is 14.2 Å². The third kappa shape index (κ3) is 4.25. The number of pyridine rings is 2. The van der Waals surface area contributed by atoms with Crippen LogP contribution in [0.25, 0.3) is 16.8 Å². The summed E-state index contributed by atoms with van der Waals surface area (Å²) in [5.74, 6) is -0.378. The summed E-state index contributed by atoms with van der Waals surface area (Å²) in [6, 6.07) is 11.2. The molecule has 4 aromatic rings. The fourth-order valence-corrected chi connectivity index (χ4v) is 3.20. The predicted molar refractivity (Wildman–Crippen MR) is 108 cm³/mol. The van der Waals surface area contributed by atoms with E-state index in [9.17, 15) is 18.0 Å². The van der Waals surface area contributed by atoms with Gasteiger partial charge in [0.05, 0.1) is 11.6 Å². The Kier molecular flexibility index (Phi) is 5.18. The van der Waals surface area contributed by atoms with Gasteiger partial charge in [-0.2, -0.15) is 13.2 Å². The van der Waals surface area contributed by atoms with E-state index in [1.807, 2.05) is 31.2 Å². The molecule has 0 saturated carbocycles. The molecule has 0 bridgehead atoms. The van der Waals surface area contributed by atoms with Crippen molar-refractivity contribution in [1.29, 1.82) is 0 Å². The molecular weight excluding hydrogens is 407 g/mol. The van der Waals surface area contributed by atoms with Crippen LogP contribution in [0.2, 0.25) is 0 Å². The average Bonchev–Trinajstić information content (AvgIpc) is 3.22. The SMILES string of the molecule is Cc1ccc(-c2cc(C(=O)N[C@H](C)c3ccc(C(F)(F)F)nc3)cn3cnnc23)cc1. The molecule has 0 aliphatic heterocycles. The van der Waals surface area contributed by atoms with Crippen molar-refractivity contribution in [2.45, 2.75) is 26.1 Å². The maximum Gasteiger partial charge on any atom is 0.433 e. The first kappa shape index (κ1) is 20.5. The molecule has 0 saturated heterocycles. The molecule has 0 aliphatic rings. The van der Waals surface area contributed by atoms with Crippen molar-refractivity contribution in [3.8, 4) is 11.1 Å². The summed E-state index contributed by atoms with van der Waals surface area (Å²) in [5.41, 5.74) is 3.21. The molecule has 1 amide bonds. The molecule has 0 radical (unpaired) electrons. The minimum Gasteiger partial charge on any atom is -0.345 e. The number of rotatable bonds is 4. The summed E-state index contributed by atoms with van der Waals surface area (Å²) in [6.45, 7) is 3.66. The number of fused-ring (bicyclic) bond motifs is 1. The van der Waals surface area contributed by atoms with E-state index in [4.69, 9.17) is 0 Å². The van der Waals surface area contributed by atoms with Gasteiger partial charge in [0.15, 0.2) is 5.65 Å². The van der Waals surface area contributed by atoms with E-state index in [2.05, 4.69) is 20.5 Å². The Bertz CT molecular complexity index is 1230. The summed E-state index contributed by atoms with van der Waals surface area (Å²) in [6.07, 6.45) is -0.271. The van der Waals surface area contributed by atoms with Crippen molar-refractivity contribution >= 4 is 11.6 Å². The fourth-order valence-electron chi connectivity index (χ4n) is 3.20. The number of hydrogen-bond acceptors (Lipinski definition) is 4. The lowest BCUT2D eigenvalue weighted by Gasteiger charge is -2.16. The average molecular weight is 425 g/mol. The van der Waals surface area contributed by atoms with Crippen LogP contribution in [0.3, 0.4) is 0 Å². The number of amides is 1. The Labute approximate surface area is 175 Å². The molecule has 4 rings (SSSR count). The number of benzene rings is 1. The van der Waals surface area contributed by atoms with Crippen LogP contribution in [-0.2, 0) is 6.18 Å². The van der Waals surface area contributed by atoms with Gasteiger partial charge in [-0.1, -0.05) is 35.9 Å². The number of carbonyl (C=O) groups is 1. The molecule has 3 heterocycles. The summed E-state index contributed by atoms with van der Waals surface area (Å²) in [5, 5.41) is 10.9. The zero-order valence-electron chi connectivity index (χ0n) is 16.7. The molecule has 0 fully saturated rings. The van der Waals surface area contributed by atoms with Crippen LogP contribution < -0.4 is 5.32 Å². The van der Waals surface area contributed by atoms with Crippen LogP contribution in [0.1, 0.15) is 40.1 Å². The Hall–Kier alpha value is -3.75. The van der Waals surface area contributed by atoms with Gasteiger partial charge in [-0.25, -0.2) is 0 Å². The van der Waals surface area contributed by atoms with Crippen molar-refractivity contribution in [2.75, 3.05) is 0 Å². The highest BCUT2D eigenvalue weighted by Crippen LogP contribution is 2.28. The van der Waals surface area contributed by atoms with Crippen LogP contribution >= 0.6 is 0 Å². The zero-order chi connectivity index (χ0) is 22.2. The Morgan fingerprint density at radius 3 is 2.52 bits per heavy atom. The van der Waals surface area contributed by atoms with Crippen molar-refractivity contribution in [2.24, 2.45) is 0 Å². The number of aromatic nitrogens is 4. The first-order chi connectivity index (χ1) is 14.7. The van der Waals surface area contributed by atoms with Gasteiger partial charge in [0.25, 0.3) is 5.91 Å². The fraction of sp³-hybridized carbons (Fsp3) is 0.182. The summed E-state index contributed by atoms with van der Waals surface area (Å²) in [7, 11) is 0. The van der Waals surface area contributed by atoms with Gasteiger partial charge in [0.2, 0.25) is 0 Å². The molecule has 31 heavy (non-hydrogen) atoms. The summed E-state index contributed by atoms with van der Waals surface area (Å²) >= 11 is 0. The van der Waals surface area contributed by atoms with E-state index < -0.39 is 17.9 Å². The van der Waals surface area contributed by atoms with E-state index in [-0.39, 0.29) is 5.91 Å². The predicted octanol–water partition coefficient (Wildman–Crippen LogP) is 4.61. The molecule has 0 spiro atoms. The number of aryl methyl sites for hydroxylation is 1. The maximum atomic E-state index is 12.9. The lowest BCUT2D eigenvalue weighted by atomic mass is 10.0. The lowest BCUT2D eigenvalue weighted by Crippen LogP contribution is -2.27. The largest absolute Gasteiger partial charge is 0.433 e. The number of nitrogens with zero attached hydrogens (tertiary/aromatic N) is 4. The van der Waals surface area contributed by atoms with Gasteiger partial charge >= 0.3 is 6.18 Å². The monoisotopic (exact) mass is 425 g/mol. The minimum absolute atomic E-state index is 0.370. The van der Waals surface area contributed by atoms with Crippen LogP contribution in [0.5, 0.6) is 0 Å². The quantitative estimate of drug-likeness (QED) is 0.518. The molecule has 1 atom stereocenters. The molecule has 1 N–H and O–H groups in total. The van der Waals surface area contributed by atoms with E-state index in [0.29, 0.717) is 16.8 Å². The topological polar surface area (TPSA) is 72.2 Å². The second-order valence-electron chi connectivity index (χ2n) is 7.24. The van der Waals surface area contributed by atoms with Gasteiger partial charge in [-0.15, -0.1) is 10.2 Å². The number of hydrogen-bond donors (Lipinski definition) is 1. The minimum atomic E-state index is -4.51.